The molecule has 0 bridgehead atoms. The first kappa shape index (κ1) is 12.2. The van der Waals surface area contributed by atoms with Gasteiger partial charge in [-0.25, -0.2) is 4.79 Å². The summed E-state index contributed by atoms with van der Waals surface area (Å²) in [5, 5.41) is 8.45. The molecule has 0 unspecified atom stereocenters. The molecular formula is C11H15NO4. The molecular weight excluding hydrogens is 210 g/mol. The highest BCUT2D eigenvalue weighted by molar-refractivity contribution is 5.69. The van der Waals surface area contributed by atoms with Crippen LogP contribution in [-0.4, -0.2) is 24.3 Å². The number of carbonyl (C=O) groups is 1. The Labute approximate surface area is 93.8 Å². The smallest absolute Gasteiger partial charge is 0.341 e. The number of ether oxygens (including phenoxy) is 2. The zero-order valence-corrected chi connectivity index (χ0v) is 9.10. The van der Waals surface area contributed by atoms with Gasteiger partial charge in [-0.05, 0) is 18.6 Å². The number of carboxylic acid groups (broad SMARTS) is 1. The van der Waals surface area contributed by atoms with Gasteiger partial charge in [0.25, 0.3) is 0 Å². The van der Waals surface area contributed by atoms with E-state index < -0.39 is 12.6 Å². The van der Waals surface area contributed by atoms with Crippen LogP contribution in [0, 0.1) is 0 Å². The maximum atomic E-state index is 10.3. The molecule has 0 aliphatic heterocycles. The summed E-state index contributed by atoms with van der Waals surface area (Å²) in [7, 11) is 0. The van der Waals surface area contributed by atoms with Gasteiger partial charge in [0.05, 0.1) is 12.3 Å². The van der Waals surface area contributed by atoms with Crippen LogP contribution >= 0.6 is 0 Å². The summed E-state index contributed by atoms with van der Waals surface area (Å²) < 4.78 is 10.3. The van der Waals surface area contributed by atoms with Gasteiger partial charge in [-0.3, -0.25) is 0 Å². The number of benzene rings is 1. The molecule has 0 fully saturated rings. The molecule has 0 saturated heterocycles. The minimum Gasteiger partial charge on any atom is -0.494 e. The fourth-order valence-corrected chi connectivity index (χ4v) is 1.11. The molecule has 0 amide bonds. The highest BCUT2D eigenvalue weighted by Gasteiger charge is 2.04. The van der Waals surface area contributed by atoms with Gasteiger partial charge in [-0.15, -0.1) is 0 Å². The van der Waals surface area contributed by atoms with Crippen molar-refractivity contribution in [3.8, 4) is 11.5 Å². The van der Waals surface area contributed by atoms with E-state index in [4.69, 9.17) is 20.3 Å². The van der Waals surface area contributed by atoms with Crippen LogP contribution in [0.4, 0.5) is 5.69 Å². The van der Waals surface area contributed by atoms with Crippen LogP contribution in [0.25, 0.3) is 0 Å². The lowest BCUT2D eigenvalue weighted by Crippen LogP contribution is -2.10. The molecule has 0 atom stereocenters. The first-order valence-corrected chi connectivity index (χ1v) is 5.00. The van der Waals surface area contributed by atoms with Gasteiger partial charge in [0.15, 0.2) is 6.61 Å². The first-order valence-electron chi connectivity index (χ1n) is 5.00. The fraction of sp³-hybridized carbons (Fsp3) is 0.364. The van der Waals surface area contributed by atoms with Crippen molar-refractivity contribution >= 4 is 11.7 Å². The van der Waals surface area contributed by atoms with Gasteiger partial charge in [0.2, 0.25) is 0 Å². The van der Waals surface area contributed by atoms with Gasteiger partial charge < -0.3 is 20.3 Å². The van der Waals surface area contributed by atoms with E-state index in [-0.39, 0.29) is 0 Å². The molecule has 0 saturated carbocycles. The second kappa shape index (κ2) is 5.85. The zero-order chi connectivity index (χ0) is 12.0. The molecule has 0 aromatic heterocycles. The van der Waals surface area contributed by atoms with Crippen LogP contribution in [0.5, 0.6) is 11.5 Å². The van der Waals surface area contributed by atoms with E-state index in [1.54, 1.807) is 18.2 Å². The van der Waals surface area contributed by atoms with E-state index in [1.807, 2.05) is 6.92 Å². The average Bonchev–Trinajstić information content (AvgIpc) is 2.24. The zero-order valence-electron chi connectivity index (χ0n) is 9.10. The van der Waals surface area contributed by atoms with Crippen molar-refractivity contribution in [2.45, 2.75) is 13.3 Å². The predicted molar refractivity (Wildman–Crippen MR) is 59.8 cm³/mol. The number of carboxylic acids is 1. The highest BCUT2D eigenvalue weighted by atomic mass is 16.5. The van der Waals surface area contributed by atoms with Crippen molar-refractivity contribution in [3.05, 3.63) is 18.2 Å². The monoisotopic (exact) mass is 225 g/mol. The van der Waals surface area contributed by atoms with Crippen molar-refractivity contribution in [3.63, 3.8) is 0 Å². The number of hydrogen-bond acceptors (Lipinski definition) is 4. The Morgan fingerprint density at radius 2 is 2.19 bits per heavy atom. The molecule has 1 aromatic carbocycles. The molecule has 16 heavy (non-hydrogen) atoms. The Kier molecular flexibility index (Phi) is 4.44. The van der Waals surface area contributed by atoms with Crippen molar-refractivity contribution < 1.29 is 19.4 Å². The fourth-order valence-electron chi connectivity index (χ4n) is 1.11. The Bertz CT molecular complexity index is 365. The SMILES string of the molecule is CCCOc1ccc(OCC(=O)O)c(N)c1. The minimum absolute atomic E-state index is 0.353. The van der Waals surface area contributed by atoms with Gasteiger partial charge in [-0.1, -0.05) is 6.92 Å². The molecule has 5 heteroatoms. The predicted octanol–water partition coefficient (Wildman–Crippen LogP) is 1.52. The number of aliphatic carboxylic acids is 1. The summed E-state index contributed by atoms with van der Waals surface area (Å²) >= 11 is 0. The molecule has 0 spiro atoms. The summed E-state index contributed by atoms with van der Waals surface area (Å²) in [6.07, 6.45) is 0.914. The Balaban J connectivity index is 2.63. The van der Waals surface area contributed by atoms with Gasteiger partial charge in [0, 0.05) is 6.07 Å². The summed E-state index contributed by atoms with van der Waals surface area (Å²) in [4.78, 5) is 10.3. The third-order valence-corrected chi connectivity index (χ3v) is 1.81. The summed E-state index contributed by atoms with van der Waals surface area (Å²) in [5.74, 6) is -0.0287. The standard InChI is InChI=1S/C11H15NO4/c1-2-5-15-8-3-4-10(9(12)6-8)16-7-11(13)14/h3-4,6H,2,5,7,12H2,1H3,(H,13,14). The summed E-state index contributed by atoms with van der Waals surface area (Å²) in [6, 6.07) is 4.92. The second-order valence-electron chi connectivity index (χ2n) is 3.23. The maximum absolute atomic E-state index is 10.3. The number of rotatable bonds is 6. The normalized spacial score (nSPS) is 9.81. The van der Waals surface area contributed by atoms with E-state index in [0.717, 1.165) is 6.42 Å². The van der Waals surface area contributed by atoms with E-state index in [2.05, 4.69) is 0 Å². The van der Waals surface area contributed by atoms with E-state index in [9.17, 15) is 4.79 Å². The number of nitrogen functional groups attached to an aromatic ring is 1. The molecule has 1 aromatic rings. The number of anilines is 1. The van der Waals surface area contributed by atoms with Gasteiger partial charge in [-0.2, -0.15) is 0 Å². The van der Waals surface area contributed by atoms with Crippen molar-refractivity contribution in [1.29, 1.82) is 0 Å². The largest absolute Gasteiger partial charge is 0.494 e. The highest BCUT2D eigenvalue weighted by Crippen LogP contribution is 2.26. The summed E-state index contributed by atoms with van der Waals surface area (Å²) in [5.41, 5.74) is 6.05. The molecule has 3 N–H and O–H groups in total. The molecule has 1 rings (SSSR count). The second-order valence-corrected chi connectivity index (χ2v) is 3.23. The third kappa shape index (κ3) is 3.68. The molecule has 88 valence electrons. The Morgan fingerprint density at radius 3 is 2.75 bits per heavy atom. The number of nitrogens with two attached hydrogens (primary N) is 1. The first-order chi connectivity index (χ1) is 7.63. The van der Waals surface area contributed by atoms with E-state index >= 15 is 0 Å². The van der Waals surface area contributed by atoms with Crippen LogP contribution in [0.1, 0.15) is 13.3 Å². The van der Waals surface area contributed by atoms with Crippen LogP contribution < -0.4 is 15.2 Å². The van der Waals surface area contributed by atoms with Crippen LogP contribution in [0.2, 0.25) is 0 Å². The molecule has 0 aliphatic rings. The number of hydrogen-bond donors (Lipinski definition) is 2. The maximum Gasteiger partial charge on any atom is 0.341 e. The molecule has 0 aliphatic carbocycles. The minimum atomic E-state index is -1.04. The molecule has 0 radical (unpaired) electrons. The van der Waals surface area contributed by atoms with Crippen molar-refractivity contribution in [1.82, 2.24) is 0 Å². The van der Waals surface area contributed by atoms with Crippen LogP contribution in [0.15, 0.2) is 18.2 Å². The molecule has 5 nitrogen and oxygen atoms in total. The lowest BCUT2D eigenvalue weighted by Gasteiger charge is -2.09. The Hall–Kier alpha value is -1.91. The molecule has 0 heterocycles. The van der Waals surface area contributed by atoms with Crippen molar-refractivity contribution in [2.75, 3.05) is 18.9 Å². The lowest BCUT2D eigenvalue weighted by atomic mass is 10.3. The third-order valence-electron chi connectivity index (χ3n) is 1.81. The summed E-state index contributed by atoms with van der Waals surface area (Å²) in [6.45, 7) is 2.22. The van der Waals surface area contributed by atoms with Crippen LogP contribution in [0.3, 0.4) is 0 Å². The van der Waals surface area contributed by atoms with E-state index in [0.29, 0.717) is 23.8 Å². The van der Waals surface area contributed by atoms with Crippen LogP contribution in [-0.2, 0) is 4.79 Å². The van der Waals surface area contributed by atoms with Gasteiger partial charge >= 0.3 is 5.97 Å². The lowest BCUT2D eigenvalue weighted by molar-refractivity contribution is -0.139. The van der Waals surface area contributed by atoms with Gasteiger partial charge in [0.1, 0.15) is 11.5 Å². The van der Waals surface area contributed by atoms with E-state index in [1.165, 1.54) is 0 Å². The Morgan fingerprint density at radius 1 is 1.44 bits per heavy atom. The quantitative estimate of drug-likeness (QED) is 0.717. The topological polar surface area (TPSA) is 81.8 Å². The average molecular weight is 225 g/mol. The van der Waals surface area contributed by atoms with Crippen molar-refractivity contribution in [2.24, 2.45) is 0 Å².